The second-order valence-corrected chi connectivity index (χ2v) is 7.30. The SMILES string of the molecule is C=C(C)C(=O)OCC[N+](C)(C)C.CCOP(=O)(OCC)OCC. The number of hydrogen-bond acceptors (Lipinski definition) is 6. The third kappa shape index (κ3) is 15.9. The number of likely N-dealkylation sites (N-methyl/N-ethyl adjacent to an activating group) is 1. The standard InChI is InChI=1S/C9H18NO2.C6H15O4P/c1-8(2)9(11)12-7-6-10(3,4)5;1-4-8-11(7,9-5-2)10-6-3/h1,6-7H2,2-5H3;4-6H2,1-3H3/q+1;. The van der Waals surface area contributed by atoms with E-state index in [2.05, 4.69) is 27.7 Å². The first-order valence-electron chi connectivity index (χ1n) is 7.68. The van der Waals surface area contributed by atoms with Crippen molar-refractivity contribution in [2.24, 2.45) is 0 Å². The van der Waals surface area contributed by atoms with Gasteiger partial charge in [-0.25, -0.2) is 9.36 Å². The van der Waals surface area contributed by atoms with E-state index < -0.39 is 7.82 Å². The van der Waals surface area contributed by atoms with Crippen LogP contribution in [-0.2, 0) is 27.7 Å². The normalized spacial score (nSPS) is 11.4. The van der Waals surface area contributed by atoms with Crippen LogP contribution in [0.4, 0.5) is 0 Å². The molecule has 0 aliphatic rings. The molecule has 0 radical (unpaired) electrons. The van der Waals surface area contributed by atoms with Crippen molar-refractivity contribution >= 4 is 13.8 Å². The Hall–Kier alpha value is -0.720. The largest absolute Gasteiger partial charge is 0.474 e. The van der Waals surface area contributed by atoms with E-state index in [0.29, 0.717) is 32.0 Å². The molecule has 0 saturated heterocycles. The van der Waals surface area contributed by atoms with Crippen molar-refractivity contribution in [1.82, 2.24) is 0 Å². The Balaban J connectivity index is 0. The summed E-state index contributed by atoms with van der Waals surface area (Å²) in [4.78, 5) is 10.9. The summed E-state index contributed by atoms with van der Waals surface area (Å²) in [5, 5.41) is 0. The number of hydrogen-bond donors (Lipinski definition) is 0. The third-order valence-electron chi connectivity index (χ3n) is 2.21. The Bertz CT molecular complexity index is 368. The number of quaternary nitrogens is 1. The fraction of sp³-hybridized carbons (Fsp3) is 0.800. The van der Waals surface area contributed by atoms with Crippen LogP contribution in [0.5, 0.6) is 0 Å². The van der Waals surface area contributed by atoms with Crippen LogP contribution >= 0.6 is 7.82 Å². The molecule has 0 bridgehead atoms. The first-order chi connectivity index (χ1) is 10.5. The molecule has 7 nitrogen and oxygen atoms in total. The third-order valence-corrected chi connectivity index (χ3v) is 3.93. The lowest BCUT2D eigenvalue weighted by molar-refractivity contribution is -0.870. The second-order valence-electron chi connectivity index (χ2n) is 5.63. The monoisotopic (exact) mass is 354 g/mol. The van der Waals surface area contributed by atoms with Gasteiger partial charge in [0.25, 0.3) is 0 Å². The molecule has 0 aliphatic carbocycles. The second kappa shape index (κ2) is 12.7. The molecule has 0 aromatic heterocycles. The summed E-state index contributed by atoms with van der Waals surface area (Å²) in [6, 6.07) is 0. The van der Waals surface area contributed by atoms with Gasteiger partial charge in [-0.2, -0.15) is 0 Å². The molecule has 138 valence electrons. The van der Waals surface area contributed by atoms with Crippen molar-refractivity contribution in [1.29, 1.82) is 0 Å². The topological polar surface area (TPSA) is 71.1 Å². The van der Waals surface area contributed by atoms with Gasteiger partial charge in [-0.3, -0.25) is 13.6 Å². The number of rotatable bonds is 10. The molecule has 0 amide bonds. The van der Waals surface area contributed by atoms with Crippen LogP contribution in [0, 0.1) is 0 Å². The van der Waals surface area contributed by atoms with Crippen molar-refractivity contribution in [3.63, 3.8) is 0 Å². The Kier molecular flexibility index (Phi) is 13.5. The minimum absolute atomic E-state index is 0.302. The summed E-state index contributed by atoms with van der Waals surface area (Å²) in [5.74, 6) is -0.302. The fourth-order valence-electron chi connectivity index (χ4n) is 1.12. The van der Waals surface area contributed by atoms with Gasteiger partial charge in [0, 0.05) is 5.57 Å². The van der Waals surface area contributed by atoms with Crippen molar-refractivity contribution in [2.75, 3.05) is 54.1 Å². The summed E-state index contributed by atoms with van der Waals surface area (Å²) in [6.07, 6.45) is 0. The Morgan fingerprint density at radius 2 is 1.39 bits per heavy atom. The van der Waals surface area contributed by atoms with Crippen molar-refractivity contribution in [2.45, 2.75) is 27.7 Å². The summed E-state index contributed by atoms with van der Waals surface area (Å²) < 4.78 is 31.5. The highest BCUT2D eigenvalue weighted by molar-refractivity contribution is 7.48. The summed E-state index contributed by atoms with van der Waals surface area (Å²) >= 11 is 0. The van der Waals surface area contributed by atoms with E-state index in [4.69, 9.17) is 18.3 Å². The molecular formula is C15H33NO6P+. The number of phosphoric ester groups is 1. The highest BCUT2D eigenvalue weighted by Gasteiger charge is 2.23. The van der Waals surface area contributed by atoms with Crippen LogP contribution in [0.15, 0.2) is 12.2 Å². The number of carbonyl (C=O) groups is 1. The van der Waals surface area contributed by atoms with Crippen LogP contribution in [-0.4, -0.2) is 64.6 Å². The molecule has 0 saturated carbocycles. The van der Waals surface area contributed by atoms with Crippen molar-refractivity contribution in [3.8, 4) is 0 Å². The van der Waals surface area contributed by atoms with E-state index in [1.807, 2.05) is 0 Å². The number of carbonyl (C=O) groups excluding carboxylic acids is 1. The van der Waals surface area contributed by atoms with Gasteiger partial charge < -0.3 is 9.22 Å². The van der Waals surface area contributed by atoms with Crippen LogP contribution in [0.25, 0.3) is 0 Å². The highest BCUT2D eigenvalue weighted by Crippen LogP contribution is 2.48. The molecule has 0 aromatic rings. The van der Waals surface area contributed by atoms with Crippen LogP contribution in [0.3, 0.4) is 0 Å². The van der Waals surface area contributed by atoms with Gasteiger partial charge in [0.05, 0.1) is 41.0 Å². The molecule has 0 N–H and O–H groups in total. The smallest absolute Gasteiger partial charge is 0.456 e. The van der Waals surface area contributed by atoms with Crippen molar-refractivity contribution in [3.05, 3.63) is 12.2 Å². The van der Waals surface area contributed by atoms with E-state index in [1.165, 1.54) is 0 Å². The zero-order valence-electron chi connectivity index (χ0n) is 15.6. The predicted molar refractivity (Wildman–Crippen MR) is 91.2 cm³/mol. The van der Waals surface area contributed by atoms with Gasteiger partial charge in [0.15, 0.2) is 0 Å². The fourth-order valence-corrected chi connectivity index (χ4v) is 2.29. The molecule has 0 aromatic carbocycles. The average molecular weight is 354 g/mol. The molecule has 0 atom stereocenters. The number of esters is 1. The zero-order chi connectivity index (χ0) is 18.5. The predicted octanol–water partition coefficient (Wildman–Crippen LogP) is 3.02. The zero-order valence-corrected chi connectivity index (χ0v) is 16.5. The van der Waals surface area contributed by atoms with E-state index >= 15 is 0 Å². The maximum absolute atomic E-state index is 11.3. The van der Waals surface area contributed by atoms with Crippen LogP contribution in [0.2, 0.25) is 0 Å². The van der Waals surface area contributed by atoms with Gasteiger partial charge in [-0.05, 0) is 27.7 Å². The summed E-state index contributed by atoms with van der Waals surface area (Å²) in [5.41, 5.74) is 0.455. The number of nitrogens with zero attached hydrogens (tertiary/aromatic N) is 1. The van der Waals surface area contributed by atoms with Gasteiger partial charge in [-0.1, -0.05) is 6.58 Å². The van der Waals surface area contributed by atoms with Crippen LogP contribution in [0.1, 0.15) is 27.7 Å². The summed E-state index contributed by atoms with van der Waals surface area (Å²) in [7, 11) is 2.93. The summed E-state index contributed by atoms with van der Waals surface area (Å²) in [6.45, 7) is 12.6. The Morgan fingerprint density at radius 1 is 1.00 bits per heavy atom. The highest BCUT2D eigenvalue weighted by atomic mass is 31.2. The molecular weight excluding hydrogens is 321 g/mol. The first-order valence-corrected chi connectivity index (χ1v) is 9.14. The lowest BCUT2D eigenvalue weighted by atomic mass is 10.4. The van der Waals surface area contributed by atoms with E-state index in [-0.39, 0.29) is 5.97 Å². The quantitative estimate of drug-likeness (QED) is 0.260. The molecule has 0 rings (SSSR count). The minimum atomic E-state index is -3.22. The lowest BCUT2D eigenvalue weighted by Gasteiger charge is -2.23. The first kappa shape index (κ1) is 24.5. The molecule has 0 unspecified atom stereocenters. The maximum Gasteiger partial charge on any atom is 0.474 e. The molecule has 0 aliphatic heterocycles. The minimum Gasteiger partial charge on any atom is -0.456 e. The van der Waals surface area contributed by atoms with Gasteiger partial charge in [0.2, 0.25) is 0 Å². The van der Waals surface area contributed by atoms with Crippen molar-refractivity contribution < 1.29 is 32.2 Å². The molecule has 0 heterocycles. The molecule has 0 spiro atoms. The maximum atomic E-state index is 11.3. The van der Waals surface area contributed by atoms with Crippen LogP contribution < -0.4 is 0 Å². The lowest BCUT2D eigenvalue weighted by Crippen LogP contribution is -2.38. The van der Waals surface area contributed by atoms with E-state index in [0.717, 1.165) is 11.0 Å². The van der Waals surface area contributed by atoms with E-state index in [1.54, 1.807) is 27.7 Å². The average Bonchev–Trinajstić information content (AvgIpc) is 2.38. The van der Waals surface area contributed by atoms with Gasteiger partial charge in [-0.15, -0.1) is 0 Å². The molecule has 8 heteroatoms. The van der Waals surface area contributed by atoms with Gasteiger partial charge in [0.1, 0.15) is 13.2 Å². The number of phosphoric acid groups is 1. The molecule has 23 heavy (non-hydrogen) atoms. The Labute approximate surface area is 140 Å². The molecule has 0 fully saturated rings. The van der Waals surface area contributed by atoms with E-state index in [9.17, 15) is 9.36 Å². The number of ether oxygens (including phenoxy) is 1. The Morgan fingerprint density at radius 3 is 1.65 bits per heavy atom. The van der Waals surface area contributed by atoms with Gasteiger partial charge >= 0.3 is 13.8 Å².